The van der Waals surface area contributed by atoms with Crippen LogP contribution in [0.3, 0.4) is 0 Å². The third kappa shape index (κ3) is 10.5. The Morgan fingerprint density at radius 3 is 1.25 bits per heavy atom. The van der Waals surface area contributed by atoms with Crippen LogP contribution in [0.4, 0.5) is 0 Å². The van der Waals surface area contributed by atoms with E-state index in [9.17, 15) is 0 Å². The molecule has 0 aliphatic carbocycles. The number of hydrogen-bond donors (Lipinski definition) is 0. The molecule has 19 valence electrons. The normalized spacial score (nSPS) is 2.00. The fourth-order valence-corrected chi connectivity index (χ4v) is 0. The Morgan fingerprint density at radius 1 is 1.25 bits per heavy atom. The van der Waals surface area contributed by atoms with E-state index >= 15 is 0 Å². The van der Waals surface area contributed by atoms with Crippen molar-refractivity contribution in [3.63, 3.8) is 0 Å². The van der Waals surface area contributed by atoms with E-state index in [1.165, 1.54) is 0 Å². The van der Waals surface area contributed by atoms with Gasteiger partial charge in [0.2, 0.25) is 0 Å². The predicted molar refractivity (Wildman–Crippen MR) is 12.9 cm³/mol. The molecule has 0 N–H and O–H groups in total. The van der Waals surface area contributed by atoms with Crippen molar-refractivity contribution in [1.82, 2.24) is 0 Å². The second kappa shape index (κ2) is 8.86. The molecule has 0 atom stereocenters. The zero-order valence-corrected chi connectivity index (χ0v) is 8.04. The van der Waals surface area contributed by atoms with Gasteiger partial charge in [-0.05, 0) is 0 Å². The van der Waals surface area contributed by atoms with Gasteiger partial charge >= 0.3 is 27.3 Å². The molecule has 0 fully saturated rings. The summed E-state index contributed by atoms with van der Waals surface area (Å²) < 4.78 is 17.1. The summed E-state index contributed by atoms with van der Waals surface area (Å²) in [5.41, 5.74) is 0. The van der Waals surface area contributed by atoms with Gasteiger partial charge in [0.1, 0.15) is 0 Å². The molecule has 0 unspecified atom stereocenters. The summed E-state index contributed by atoms with van der Waals surface area (Å²) in [6.45, 7) is 0. The quantitative estimate of drug-likeness (QED) is 0.527. The minimum atomic E-state index is -2.27. The minimum absolute atomic E-state index is 0. The van der Waals surface area contributed by atoms with Gasteiger partial charge < -0.3 is 0 Å². The van der Waals surface area contributed by atoms with Gasteiger partial charge in [-0.25, -0.2) is 0 Å². The van der Waals surface area contributed by atoms with Gasteiger partial charge in [0.15, 0.2) is 0 Å². The summed E-state index contributed by atoms with van der Waals surface area (Å²) >= 11 is -2.27. The van der Waals surface area contributed by atoms with E-state index in [-0.39, 0.29) is 25.8 Å². The molecule has 2 nitrogen and oxygen atoms in total. The first-order valence-electron chi connectivity index (χ1n) is 0.408. The van der Waals surface area contributed by atoms with E-state index < -0.39 is 21.1 Å². The van der Waals surface area contributed by atoms with Gasteiger partial charge in [0.25, 0.3) is 0 Å². The summed E-state index contributed by atoms with van der Waals surface area (Å²) in [7, 11) is 0. The Bertz CT molecular complexity index is 27.0. The van der Waals surface area contributed by atoms with Crippen LogP contribution in [0.1, 0.15) is 0 Å². The molecular weight excluding hydrogens is 266 g/mol. The second-order valence-electron chi connectivity index (χ2n) is 0.0833. The Balaban J connectivity index is 0. The molecule has 0 aliphatic heterocycles. The Hall–Kier alpha value is 1.27. The zero-order valence-electron chi connectivity index (χ0n) is 1.89. The molecule has 0 heterocycles. The van der Waals surface area contributed by atoms with Crippen LogP contribution in [0.25, 0.3) is 0 Å². The Kier molecular flexibility index (Phi) is 19.9. The van der Waals surface area contributed by atoms with Gasteiger partial charge in [0, 0.05) is 25.8 Å². The van der Waals surface area contributed by atoms with Crippen molar-refractivity contribution in [3.05, 3.63) is 0 Å². The van der Waals surface area contributed by atoms with Gasteiger partial charge in [-0.3, -0.25) is 0 Å². The third-order valence-electron chi connectivity index (χ3n) is 0. The Labute approximate surface area is 52.7 Å². The standard InChI is InChI=1S/In.2O.Sn. The average molecular weight is 266 g/mol. The molecule has 4 heteroatoms. The first-order chi connectivity index (χ1) is 1.41. The van der Waals surface area contributed by atoms with Crippen molar-refractivity contribution in [3.8, 4) is 0 Å². The van der Waals surface area contributed by atoms with E-state index in [4.69, 9.17) is 6.15 Å². The van der Waals surface area contributed by atoms with Crippen LogP contribution < -0.4 is 0 Å². The summed E-state index contributed by atoms with van der Waals surface area (Å²) in [6.07, 6.45) is 0. The summed E-state index contributed by atoms with van der Waals surface area (Å²) in [6, 6.07) is 0. The number of rotatable bonds is 0. The first-order valence-corrected chi connectivity index (χ1v) is 2.74. The third-order valence-corrected chi connectivity index (χ3v) is 0. The van der Waals surface area contributed by atoms with Crippen molar-refractivity contribution in [1.29, 1.82) is 0 Å². The fraction of sp³-hybridized carbons (Fsp3) is 0. The molecule has 0 amide bonds. The first kappa shape index (κ1) is 8.99. The maximum absolute atomic E-state index is 8.54. The molecule has 0 aromatic rings. The monoisotopic (exact) mass is 267 g/mol. The van der Waals surface area contributed by atoms with Gasteiger partial charge in [0.05, 0.1) is 0 Å². The van der Waals surface area contributed by atoms with Crippen LogP contribution in [0.5, 0.6) is 0 Å². The van der Waals surface area contributed by atoms with Gasteiger partial charge in [-0.15, -0.1) is 0 Å². The summed E-state index contributed by atoms with van der Waals surface area (Å²) in [5.74, 6) is 0. The summed E-state index contributed by atoms with van der Waals surface area (Å²) in [5, 5.41) is 0. The van der Waals surface area contributed by atoms with Gasteiger partial charge in [-0.1, -0.05) is 0 Å². The zero-order chi connectivity index (χ0) is 2.71. The van der Waals surface area contributed by atoms with Gasteiger partial charge in [-0.2, -0.15) is 0 Å². The molecule has 0 saturated carbocycles. The van der Waals surface area contributed by atoms with Crippen LogP contribution in [-0.2, 0) is 6.15 Å². The molecule has 0 aromatic heterocycles. The predicted octanol–water partition coefficient (Wildman–Crippen LogP) is -0.999. The van der Waals surface area contributed by atoms with E-state index in [1.54, 1.807) is 0 Å². The van der Waals surface area contributed by atoms with Crippen molar-refractivity contribution in [2.75, 3.05) is 0 Å². The SMILES string of the molecule is [In].[O]=[Sn]=[O]. The molecule has 0 spiro atoms. The van der Waals surface area contributed by atoms with Crippen molar-refractivity contribution < 1.29 is 6.15 Å². The van der Waals surface area contributed by atoms with Crippen LogP contribution >= 0.6 is 0 Å². The molecule has 3 radical (unpaired) electrons. The molecule has 0 aromatic carbocycles. The fourth-order valence-electron chi connectivity index (χ4n) is 0. The van der Waals surface area contributed by atoms with Crippen molar-refractivity contribution in [2.45, 2.75) is 0 Å². The Morgan fingerprint density at radius 2 is 1.25 bits per heavy atom. The van der Waals surface area contributed by atoms with Crippen molar-refractivity contribution in [2.24, 2.45) is 0 Å². The molecule has 0 aliphatic rings. The van der Waals surface area contributed by atoms with Crippen LogP contribution in [0.15, 0.2) is 0 Å². The van der Waals surface area contributed by atoms with Crippen LogP contribution in [-0.4, -0.2) is 47.0 Å². The molecular formula is InO2Sn. The molecule has 4 heavy (non-hydrogen) atoms. The average Bonchev–Trinajstić information content (AvgIpc) is 0.918. The molecule has 0 saturated heterocycles. The van der Waals surface area contributed by atoms with E-state index in [0.29, 0.717) is 0 Å². The van der Waals surface area contributed by atoms with Crippen LogP contribution in [0, 0.1) is 0 Å². The van der Waals surface area contributed by atoms with E-state index in [0.717, 1.165) is 0 Å². The van der Waals surface area contributed by atoms with E-state index in [2.05, 4.69) is 0 Å². The maximum atomic E-state index is 8.54. The molecule has 0 bridgehead atoms. The summed E-state index contributed by atoms with van der Waals surface area (Å²) in [4.78, 5) is 0. The van der Waals surface area contributed by atoms with Crippen molar-refractivity contribution >= 4 is 47.0 Å². The van der Waals surface area contributed by atoms with E-state index in [1.807, 2.05) is 0 Å². The second-order valence-corrected chi connectivity index (χ2v) is 0.559. The molecule has 0 rings (SSSR count). The van der Waals surface area contributed by atoms with Crippen LogP contribution in [0.2, 0.25) is 0 Å². The number of hydrogen-bond acceptors (Lipinski definition) is 2. The topological polar surface area (TPSA) is 34.1 Å².